The van der Waals surface area contributed by atoms with Gasteiger partial charge in [-0.25, -0.2) is 0 Å². The second kappa shape index (κ2) is 6.80. The molecule has 2 atom stereocenters. The summed E-state index contributed by atoms with van der Waals surface area (Å²) >= 11 is 0. The lowest BCUT2D eigenvalue weighted by molar-refractivity contribution is 0.0924. The lowest BCUT2D eigenvalue weighted by Gasteiger charge is -2.28. The summed E-state index contributed by atoms with van der Waals surface area (Å²) in [4.78, 5) is 12.5. The molecule has 1 heterocycles. The molecule has 2 N–H and O–H groups in total. The van der Waals surface area contributed by atoms with Crippen LogP contribution in [0.4, 0.5) is 0 Å². The molecule has 1 aromatic carbocycles. The summed E-state index contributed by atoms with van der Waals surface area (Å²) < 4.78 is 10.5. The number of carbonyl (C=O) groups excluding carboxylic acids is 1. The van der Waals surface area contributed by atoms with E-state index in [9.17, 15) is 4.79 Å². The average molecular weight is 292 g/mol. The zero-order valence-electron chi connectivity index (χ0n) is 13.2. The molecular formula is C16H24N2O3. The van der Waals surface area contributed by atoms with E-state index in [1.54, 1.807) is 20.3 Å². The minimum Gasteiger partial charge on any atom is -0.493 e. The number of hydrogen-bond donors (Lipinski definition) is 2. The highest BCUT2D eigenvalue weighted by atomic mass is 16.5. The minimum atomic E-state index is -0.0486. The van der Waals surface area contributed by atoms with Gasteiger partial charge in [-0.3, -0.25) is 4.79 Å². The second-order valence-corrected chi connectivity index (χ2v) is 5.57. The first-order valence-corrected chi connectivity index (χ1v) is 7.32. The van der Waals surface area contributed by atoms with Crippen molar-refractivity contribution in [3.63, 3.8) is 0 Å². The summed E-state index contributed by atoms with van der Waals surface area (Å²) in [5.74, 6) is 1.17. The number of nitrogens with one attached hydrogen (secondary N) is 2. The molecule has 0 aromatic heterocycles. The van der Waals surface area contributed by atoms with Gasteiger partial charge in [-0.1, -0.05) is 0 Å². The van der Waals surface area contributed by atoms with Gasteiger partial charge in [-0.05, 0) is 50.9 Å². The number of methoxy groups -OCH3 is 2. The molecule has 5 nitrogen and oxygen atoms in total. The van der Waals surface area contributed by atoms with Crippen LogP contribution in [0, 0.1) is 6.92 Å². The summed E-state index contributed by atoms with van der Waals surface area (Å²) in [6.45, 7) is 4.99. The topological polar surface area (TPSA) is 59.6 Å². The van der Waals surface area contributed by atoms with Crippen LogP contribution in [0.15, 0.2) is 12.1 Å². The van der Waals surface area contributed by atoms with E-state index in [1.165, 1.54) is 0 Å². The van der Waals surface area contributed by atoms with Gasteiger partial charge in [0.1, 0.15) is 0 Å². The van der Waals surface area contributed by atoms with Crippen molar-refractivity contribution in [2.24, 2.45) is 0 Å². The van der Waals surface area contributed by atoms with E-state index < -0.39 is 0 Å². The highest BCUT2D eigenvalue weighted by molar-refractivity contribution is 5.96. The number of rotatable bonds is 4. The van der Waals surface area contributed by atoms with Crippen molar-refractivity contribution < 1.29 is 14.3 Å². The van der Waals surface area contributed by atoms with Gasteiger partial charge in [0, 0.05) is 17.6 Å². The molecule has 1 amide bonds. The molecule has 0 spiro atoms. The second-order valence-electron chi connectivity index (χ2n) is 5.57. The maximum atomic E-state index is 12.5. The van der Waals surface area contributed by atoms with Crippen molar-refractivity contribution in [3.05, 3.63) is 23.3 Å². The van der Waals surface area contributed by atoms with Crippen molar-refractivity contribution in [2.45, 2.75) is 38.8 Å². The maximum absolute atomic E-state index is 12.5. The maximum Gasteiger partial charge on any atom is 0.251 e. The predicted molar refractivity (Wildman–Crippen MR) is 82.2 cm³/mol. The first-order chi connectivity index (χ1) is 10.0. The first kappa shape index (κ1) is 15.6. The lowest BCUT2D eigenvalue weighted by atomic mass is 9.99. The van der Waals surface area contributed by atoms with Gasteiger partial charge in [0.15, 0.2) is 11.5 Å². The van der Waals surface area contributed by atoms with Gasteiger partial charge in [0.25, 0.3) is 5.91 Å². The van der Waals surface area contributed by atoms with Crippen LogP contribution in [-0.2, 0) is 0 Å². The van der Waals surface area contributed by atoms with Crippen LogP contribution in [0.2, 0.25) is 0 Å². The molecule has 116 valence electrons. The predicted octanol–water partition coefficient (Wildman–Crippen LogP) is 1.88. The Morgan fingerprint density at radius 2 is 1.95 bits per heavy atom. The Bertz CT molecular complexity index is 516. The van der Waals surface area contributed by atoms with Crippen LogP contribution < -0.4 is 20.1 Å². The smallest absolute Gasteiger partial charge is 0.251 e. The van der Waals surface area contributed by atoms with Crippen LogP contribution in [0.1, 0.15) is 35.7 Å². The van der Waals surface area contributed by atoms with E-state index in [-0.39, 0.29) is 11.9 Å². The molecule has 1 saturated heterocycles. The van der Waals surface area contributed by atoms with Gasteiger partial charge < -0.3 is 20.1 Å². The molecule has 2 rings (SSSR count). The monoisotopic (exact) mass is 292 g/mol. The molecule has 1 fully saturated rings. The highest BCUT2D eigenvalue weighted by Gasteiger charge is 2.22. The standard InChI is InChI=1S/C16H24N2O3/c1-10-7-14(20-3)15(21-4)9-13(10)16(19)18-12-5-6-17-11(2)8-12/h7,9,11-12,17H,5-6,8H2,1-4H3,(H,18,19). The van der Waals surface area contributed by atoms with Crippen LogP contribution in [0.3, 0.4) is 0 Å². The molecule has 5 heteroatoms. The molecule has 0 radical (unpaired) electrons. The number of hydrogen-bond acceptors (Lipinski definition) is 4. The number of carbonyl (C=O) groups is 1. The third-order valence-corrected chi connectivity index (χ3v) is 3.93. The van der Waals surface area contributed by atoms with Crippen LogP contribution in [-0.4, -0.2) is 38.8 Å². The Balaban J connectivity index is 2.15. The molecular weight excluding hydrogens is 268 g/mol. The number of piperidine rings is 1. The van der Waals surface area contributed by atoms with Crippen molar-refractivity contribution in [1.82, 2.24) is 10.6 Å². The van der Waals surface area contributed by atoms with Crippen LogP contribution in [0.5, 0.6) is 11.5 Å². The van der Waals surface area contributed by atoms with Crippen molar-refractivity contribution in [2.75, 3.05) is 20.8 Å². The van der Waals surface area contributed by atoms with Crippen LogP contribution in [0.25, 0.3) is 0 Å². The Hall–Kier alpha value is -1.75. The number of aryl methyl sites for hydroxylation is 1. The Labute approximate surface area is 126 Å². The molecule has 2 unspecified atom stereocenters. The van der Waals surface area contributed by atoms with Gasteiger partial charge in [-0.2, -0.15) is 0 Å². The van der Waals surface area contributed by atoms with E-state index in [0.717, 1.165) is 24.9 Å². The third-order valence-electron chi connectivity index (χ3n) is 3.93. The van der Waals surface area contributed by atoms with E-state index in [0.29, 0.717) is 23.1 Å². The Morgan fingerprint density at radius 1 is 1.29 bits per heavy atom. The molecule has 0 aliphatic carbocycles. The largest absolute Gasteiger partial charge is 0.493 e. The summed E-state index contributed by atoms with van der Waals surface area (Å²) in [6, 6.07) is 4.24. The van der Waals surface area contributed by atoms with Crippen LogP contribution >= 0.6 is 0 Å². The molecule has 1 aliphatic heterocycles. The van der Waals surface area contributed by atoms with Crippen molar-refractivity contribution in [1.29, 1.82) is 0 Å². The van der Waals surface area contributed by atoms with E-state index >= 15 is 0 Å². The van der Waals surface area contributed by atoms with Gasteiger partial charge in [0.05, 0.1) is 14.2 Å². The Kier molecular flexibility index (Phi) is 5.07. The zero-order valence-corrected chi connectivity index (χ0v) is 13.2. The fraction of sp³-hybridized carbons (Fsp3) is 0.562. The molecule has 0 bridgehead atoms. The number of amides is 1. The zero-order chi connectivity index (χ0) is 15.4. The summed E-state index contributed by atoms with van der Waals surface area (Å²) in [5, 5.41) is 6.50. The summed E-state index contributed by atoms with van der Waals surface area (Å²) in [5.41, 5.74) is 1.52. The van der Waals surface area contributed by atoms with Gasteiger partial charge >= 0.3 is 0 Å². The van der Waals surface area contributed by atoms with E-state index in [1.807, 2.05) is 13.0 Å². The fourth-order valence-corrected chi connectivity index (χ4v) is 2.75. The van der Waals surface area contributed by atoms with Crippen molar-refractivity contribution in [3.8, 4) is 11.5 Å². The number of benzene rings is 1. The Morgan fingerprint density at radius 3 is 2.57 bits per heavy atom. The van der Waals surface area contributed by atoms with Crippen molar-refractivity contribution >= 4 is 5.91 Å². The van der Waals surface area contributed by atoms with Gasteiger partial charge in [-0.15, -0.1) is 0 Å². The summed E-state index contributed by atoms with van der Waals surface area (Å²) in [7, 11) is 3.16. The minimum absolute atomic E-state index is 0.0486. The molecule has 21 heavy (non-hydrogen) atoms. The fourth-order valence-electron chi connectivity index (χ4n) is 2.75. The van der Waals surface area contributed by atoms with Gasteiger partial charge in [0.2, 0.25) is 0 Å². The van der Waals surface area contributed by atoms with E-state index in [2.05, 4.69) is 17.6 Å². The number of ether oxygens (including phenoxy) is 2. The average Bonchev–Trinajstić information content (AvgIpc) is 2.46. The SMILES string of the molecule is COc1cc(C)c(C(=O)NC2CCNC(C)C2)cc1OC. The summed E-state index contributed by atoms with van der Waals surface area (Å²) in [6.07, 6.45) is 1.92. The third kappa shape index (κ3) is 3.67. The quantitative estimate of drug-likeness (QED) is 0.889. The lowest BCUT2D eigenvalue weighted by Crippen LogP contribution is -2.46. The highest BCUT2D eigenvalue weighted by Crippen LogP contribution is 2.30. The molecule has 0 saturated carbocycles. The molecule has 1 aliphatic rings. The molecule has 1 aromatic rings. The normalized spacial score (nSPS) is 21.7. The first-order valence-electron chi connectivity index (χ1n) is 7.32. The van der Waals surface area contributed by atoms with E-state index in [4.69, 9.17) is 9.47 Å².